The van der Waals surface area contributed by atoms with Crippen LogP contribution < -0.4 is 11.3 Å². The minimum absolute atomic E-state index is 0.356. The summed E-state index contributed by atoms with van der Waals surface area (Å²) in [6, 6.07) is 0.379. The van der Waals surface area contributed by atoms with Gasteiger partial charge in [-0.3, -0.25) is 11.3 Å². The van der Waals surface area contributed by atoms with Crippen molar-refractivity contribution >= 4 is 0 Å². The van der Waals surface area contributed by atoms with E-state index in [9.17, 15) is 0 Å². The Kier molecular flexibility index (Phi) is 5.26. The van der Waals surface area contributed by atoms with Crippen LogP contribution >= 0.6 is 0 Å². The van der Waals surface area contributed by atoms with Crippen molar-refractivity contribution in [2.45, 2.75) is 70.4 Å². The molecule has 0 amide bonds. The van der Waals surface area contributed by atoms with Gasteiger partial charge in [0.05, 0.1) is 12.1 Å². The van der Waals surface area contributed by atoms with Crippen LogP contribution in [0.25, 0.3) is 0 Å². The van der Waals surface area contributed by atoms with Crippen LogP contribution in [0.2, 0.25) is 0 Å². The highest BCUT2D eigenvalue weighted by atomic mass is 16.5. The molecule has 0 spiro atoms. The molecule has 17 heavy (non-hydrogen) atoms. The van der Waals surface area contributed by atoms with Crippen molar-refractivity contribution in [3.05, 3.63) is 0 Å². The van der Waals surface area contributed by atoms with Gasteiger partial charge in [-0.2, -0.15) is 0 Å². The Labute approximate surface area is 105 Å². The lowest BCUT2D eigenvalue weighted by Gasteiger charge is -2.39. The number of ether oxygens (including phenoxy) is 1. The summed E-state index contributed by atoms with van der Waals surface area (Å²) in [7, 11) is 0. The van der Waals surface area contributed by atoms with Crippen molar-refractivity contribution in [2.75, 3.05) is 6.61 Å². The molecule has 0 aromatic carbocycles. The van der Waals surface area contributed by atoms with Gasteiger partial charge < -0.3 is 4.74 Å². The number of hydrazine groups is 1. The van der Waals surface area contributed by atoms with Gasteiger partial charge in [-0.1, -0.05) is 26.2 Å². The Balaban J connectivity index is 1.91. The van der Waals surface area contributed by atoms with E-state index in [0.717, 1.165) is 18.4 Å². The Bertz CT molecular complexity index is 216. The minimum atomic E-state index is 0.356. The van der Waals surface area contributed by atoms with Gasteiger partial charge in [-0.25, -0.2) is 0 Å². The summed E-state index contributed by atoms with van der Waals surface area (Å²) < 4.78 is 5.91. The van der Waals surface area contributed by atoms with Crippen LogP contribution in [-0.4, -0.2) is 18.8 Å². The standard InChI is InChI=1S/C14H28N2O/c1-2-11-6-5-7-12(10-11)14(16-15)13-8-3-4-9-17-13/h11-14,16H,2-10,15H2,1H3. The van der Waals surface area contributed by atoms with Crippen LogP contribution in [0.3, 0.4) is 0 Å². The largest absolute Gasteiger partial charge is 0.377 e. The molecular weight excluding hydrogens is 212 g/mol. The fraction of sp³-hybridized carbons (Fsp3) is 1.00. The van der Waals surface area contributed by atoms with E-state index >= 15 is 0 Å². The van der Waals surface area contributed by atoms with E-state index in [1.54, 1.807) is 0 Å². The zero-order valence-corrected chi connectivity index (χ0v) is 11.2. The highest BCUT2D eigenvalue weighted by Gasteiger charge is 2.33. The van der Waals surface area contributed by atoms with E-state index in [0.29, 0.717) is 12.1 Å². The molecule has 4 atom stereocenters. The third-order valence-corrected chi connectivity index (χ3v) is 4.72. The van der Waals surface area contributed by atoms with Gasteiger partial charge in [0.15, 0.2) is 0 Å². The molecule has 2 rings (SSSR count). The molecule has 0 aromatic rings. The lowest BCUT2D eigenvalue weighted by atomic mass is 9.75. The Morgan fingerprint density at radius 3 is 2.76 bits per heavy atom. The first-order valence-corrected chi connectivity index (χ1v) is 7.42. The number of nitrogens with one attached hydrogen (secondary N) is 1. The monoisotopic (exact) mass is 240 g/mol. The molecule has 0 radical (unpaired) electrons. The third kappa shape index (κ3) is 3.43. The average Bonchev–Trinajstić information content (AvgIpc) is 2.41. The maximum atomic E-state index is 5.91. The zero-order chi connectivity index (χ0) is 12.1. The minimum Gasteiger partial charge on any atom is -0.377 e. The highest BCUT2D eigenvalue weighted by molar-refractivity contribution is 4.87. The number of hydrogen-bond donors (Lipinski definition) is 2. The van der Waals surface area contributed by atoms with Gasteiger partial charge >= 0.3 is 0 Å². The molecule has 0 bridgehead atoms. The second-order valence-electron chi connectivity index (χ2n) is 5.80. The quantitative estimate of drug-likeness (QED) is 0.586. The summed E-state index contributed by atoms with van der Waals surface area (Å²) in [6.45, 7) is 3.24. The van der Waals surface area contributed by atoms with Crippen molar-refractivity contribution in [1.82, 2.24) is 5.43 Å². The molecule has 1 heterocycles. The molecular formula is C14H28N2O. The normalized spacial score (nSPS) is 36.7. The predicted octanol–water partition coefficient (Wildman–Crippen LogP) is 2.60. The molecule has 1 saturated carbocycles. The first kappa shape index (κ1) is 13.3. The molecule has 1 aliphatic heterocycles. The van der Waals surface area contributed by atoms with Crippen LogP contribution in [0.4, 0.5) is 0 Å². The smallest absolute Gasteiger partial charge is 0.0744 e. The zero-order valence-electron chi connectivity index (χ0n) is 11.2. The second-order valence-corrected chi connectivity index (χ2v) is 5.80. The van der Waals surface area contributed by atoms with E-state index in [1.165, 1.54) is 51.4 Å². The summed E-state index contributed by atoms with van der Waals surface area (Å²) in [6.07, 6.45) is 10.8. The average molecular weight is 240 g/mol. The number of nitrogens with two attached hydrogens (primary N) is 1. The summed E-state index contributed by atoms with van der Waals surface area (Å²) >= 11 is 0. The first-order chi connectivity index (χ1) is 8.35. The molecule has 2 fully saturated rings. The molecule has 100 valence electrons. The lowest BCUT2D eigenvalue weighted by molar-refractivity contribution is -0.0281. The second kappa shape index (κ2) is 6.72. The van der Waals surface area contributed by atoms with Crippen molar-refractivity contribution in [3.63, 3.8) is 0 Å². The fourth-order valence-electron chi connectivity index (χ4n) is 3.63. The first-order valence-electron chi connectivity index (χ1n) is 7.42. The van der Waals surface area contributed by atoms with Crippen LogP contribution in [0.15, 0.2) is 0 Å². The Hall–Kier alpha value is -0.120. The van der Waals surface area contributed by atoms with Crippen molar-refractivity contribution in [3.8, 4) is 0 Å². The van der Waals surface area contributed by atoms with Gasteiger partial charge in [0.1, 0.15) is 0 Å². The van der Waals surface area contributed by atoms with Crippen LogP contribution in [0, 0.1) is 11.8 Å². The van der Waals surface area contributed by atoms with E-state index < -0.39 is 0 Å². The van der Waals surface area contributed by atoms with E-state index in [4.69, 9.17) is 10.6 Å². The summed E-state index contributed by atoms with van der Waals surface area (Å²) in [4.78, 5) is 0. The molecule has 0 aromatic heterocycles. The van der Waals surface area contributed by atoms with Crippen LogP contribution in [0.1, 0.15) is 58.3 Å². The van der Waals surface area contributed by atoms with Crippen molar-refractivity contribution in [2.24, 2.45) is 17.7 Å². The van der Waals surface area contributed by atoms with Gasteiger partial charge in [0.25, 0.3) is 0 Å². The molecule has 3 heteroatoms. The van der Waals surface area contributed by atoms with Gasteiger partial charge in [-0.05, 0) is 43.9 Å². The predicted molar refractivity (Wildman–Crippen MR) is 70.4 cm³/mol. The topological polar surface area (TPSA) is 47.3 Å². The maximum Gasteiger partial charge on any atom is 0.0744 e. The Morgan fingerprint density at radius 2 is 2.12 bits per heavy atom. The van der Waals surface area contributed by atoms with Gasteiger partial charge in [0, 0.05) is 6.61 Å². The molecule has 4 unspecified atom stereocenters. The van der Waals surface area contributed by atoms with Crippen LogP contribution in [-0.2, 0) is 4.74 Å². The van der Waals surface area contributed by atoms with E-state index in [1.807, 2.05) is 0 Å². The fourth-order valence-corrected chi connectivity index (χ4v) is 3.63. The Morgan fingerprint density at radius 1 is 1.24 bits per heavy atom. The van der Waals surface area contributed by atoms with Crippen LogP contribution in [0.5, 0.6) is 0 Å². The molecule has 3 nitrogen and oxygen atoms in total. The number of rotatable bonds is 4. The SMILES string of the molecule is CCC1CCCC(C(NN)C2CCCCO2)C1. The van der Waals surface area contributed by atoms with E-state index in [2.05, 4.69) is 12.3 Å². The lowest BCUT2D eigenvalue weighted by Crippen LogP contribution is -2.51. The molecule has 1 saturated heterocycles. The van der Waals surface area contributed by atoms with Crippen molar-refractivity contribution in [1.29, 1.82) is 0 Å². The maximum absolute atomic E-state index is 5.91. The van der Waals surface area contributed by atoms with Gasteiger partial charge in [0.2, 0.25) is 0 Å². The summed E-state index contributed by atoms with van der Waals surface area (Å²) in [5.74, 6) is 7.43. The molecule has 2 aliphatic rings. The molecule has 3 N–H and O–H groups in total. The molecule has 1 aliphatic carbocycles. The van der Waals surface area contributed by atoms with Gasteiger partial charge in [-0.15, -0.1) is 0 Å². The van der Waals surface area contributed by atoms with Crippen molar-refractivity contribution < 1.29 is 4.74 Å². The third-order valence-electron chi connectivity index (χ3n) is 4.72. The summed E-state index contributed by atoms with van der Waals surface area (Å²) in [5.41, 5.74) is 3.06. The van der Waals surface area contributed by atoms with E-state index in [-0.39, 0.29) is 0 Å². The number of hydrogen-bond acceptors (Lipinski definition) is 3. The highest BCUT2D eigenvalue weighted by Crippen LogP contribution is 2.35. The summed E-state index contributed by atoms with van der Waals surface area (Å²) in [5, 5.41) is 0.